The molecule has 3 aliphatic carbocycles. The summed E-state index contributed by atoms with van der Waals surface area (Å²) in [4.78, 5) is 38.1. The highest BCUT2D eigenvalue weighted by molar-refractivity contribution is 5.99. The van der Waals surface area contributed by atoms with Gasteiger partial charge >= 0.3 is 12.1 Å². The molecule has 3 fully saturated rings. The highest BCUT2D eigenvalue weighted by atomic mass is 19.4. The standard InChI is InChI=1S/C30H31F5N2O6/c1-42-23-13-22(32)24(43-20-6-4-14(5-7-20)29(40)41)12-21(23)27(38)37-26-16-3-2-15(8-16)25(26)28(39)36-19-10-17(30(33,34)35)9-18(31)11-19/h9-16,20,25-26H,2-8H2,1H3,(H,36,39)(H,37,38)(H,40,41). The van der Waals surface area contributed by atoms with Gasteiger partial charge in [-0.1, -0.05) is 0 Å². The quantitative estimate of drug-likeness (QED) is 0.326. The van der Waals surface area contributed by atoms with E-state index in [0.29, 0.717) is 50.7 Å². The van der Waals surface area contributed by atoms with Crippen molar-refractivity contribution in [2.45, 2.75) is 63.3 Å². The van der Waals surface area contributed by atoms with Crippen LogP contribution >= 0.6 is 0 Å². The Morgan fingerprint density at radius 1 is 0.907 bits per heavy atom. The highest BCUT2D eigenvalue weighted by Gasteiger charge is 2.51. The van der Waals surface area contributed by atoms with Crippen LogP contribution in [0, 0.1) is 35.3 Å². The van der Waals surface area contributed by atoms with Crippen LogP contribution in [0.25, 0.3) is 0 Å². The molecule has 5 rings (SSSR count). The van der Waals surface area contributed by atoms with Gasteiger partial charge in [-0.3, -0.25) is 14.4 Å². The van der Waals surface area contributed by atoms with Crippen molar-refractivity contribution < 1.29 is 50.9 Å². The van der Waals surface area contributed by atoms with E-state index in [2.05, 4.69) is 10.6 Å². The maximum Gasteiger partial charge on any atom is 0.416 e. The van der Waals surface area contributed by atoms with E-state index in [4.69, 9.17) is 9.47 Å². The summed E-state index contributed by atoms with van der Waals surface area (Å²) in [7, 11) is 1.27. The Morgan fingerprint density at radius 2 is 1.60 bits per heavy atom. The van der Waals surface area contributed by atoms with E-state index in [1.807, 2.05) is 0 Å². The van der Waals surface area contributed by atoms with Gasteiger partial charge in [0, 0.05) is 17.8 Å². The third-order valence-electron chi connectivity index (χ3n) is 8.83. The van der Waals surface area contributed by atoms with E-state index < -0.39 is 65.1 Å². The molecule has 3 N–H and O–H groups in total. The molecule has 13 heteroatoms. The van der Waals surface area contributed by atoms with Crippen molar-refractivity contribution >= 4 is 23.5 Å². The SMILES string of the molecule is COc1cc(F)c(OC2CCC(C(=O)O)CC2)cc1C(=O)NC1C2CCC(C2)C1C(=O)Nc1cc(F)cc(C(F)(F)F)c1. The van der Waals surface area contributed by atoms with Crippen LogP contribution in [0.15, 0.2) is 30.3 Å². The maximum atomic E-state index is 14.9. The minimum absolute atomic E-state index is 0.0417. The molecule has 2 aromatic rings. The summed E-state index contributed by atoms with van der Waals surface area (Å²) in [5, 5.41) is 14.5. The number of ether oxygens (including phenoxy) is 2. The van der Waals surface area contributed by atoms with Crippen LogP contribution in [0.2, 0.25) is 0 Å². The number of benzene rings is 2. The Balaban J connectivity index is 1.32. The number of methoxy groups -OCH3 is 1. The van der Waals surface area contributed by atoms with Crippen molar-refractivity contribution in [3.05, 3.63) is 53.1 Å². The number of nitrogens with one attached hydrogen (secondary N) is 2. The number of anilines is 1. The number of carbonyl (C=O) groups excluding carboxylic acids is 2. The number of rotatable bonds is 8. The molecular formula is C30H31F5N2O6. The topological polar surface area (TPSA) is 114 Å². The van der Waals surface area contributed by atoms with Crippen molar-refractivity contribution in [2.75, 3.05) is 12.4 Å². The Labute approximate surface area is 243 Å². The molecule has 0 heterocycles. The monoisotopic (exact) mass is 610 g/mol. The number of hydrogen-bond donors (Lipinski definition) is 3. The summed E-state index contributed by atoms with van der Waals surface area (Å²) in [5.74, 6) is -5.84. The van der Waals surface area contributed by atoms with Gasteiger partial charge in [-0.05, 0) is 81.0 Å². The molecule has 0 saturated heterocycles. The third kappa shape index (κ3) is 6.54. The fourth-order valence-corrected chi connectivity index (χ4v) is 6.74. The molecule has 2 bridgehead atoms. The zero-order valence-corrected chi connectivity index (χ0v) is 23.2. The Kier molecular flexibility index (Phi) is 8.53. The lowest BCUT2D eigenvalue weighted by Gasteiger charge is -2.31. The van der Waals surface area contributed by atoms with Crippen LogP contribution in [-0.2, 0) is 15.8 Å². The van der Waals surface area contributed by atoms with Crippen molar-refractivity contribution in [1.29, 1.82) is 0 Å². The van der Waals surface area contributed by atoms with Crippen molar-refractivity contribution in [2.24, 2.45) is 23.7 Å². The summed E-state index contributed by atoms with van der Waals surface area (Å²) in [6, 6.07) is 3.34. The second-order valence-corrected chi connectivity index (χ2v) is 11.5. The molecule has 0 aliphatic heterocycles. The molecule has 2 amide bonds. The lowest BCUT2D eigenvalue weighted by Crippen LogP contribution is -2.48. The van der Waals surface area contributed by atoms with Gasteiger partial charge in [0.25, 0.3) is 5.91 Å². The van der Waals surface area contributed by atoms with Crippen molar-refractivity contribution in [1.82, 2.24) is 5.32 Å². The first kappa shape index (κ1) is 30.6. The Bertz CT molecular complexity index is 1410. The summed E-state index contributed by atoms with van der Waals surface area (Å²) < 4.78 is 79.4. The van der Waals surface area contributed by atoms with Gasteiger partial charge in [0.2, 0.25) is 5.91 Å². The predicted molar refractivity (Wildman–Crippen MR) is 143 cm³/mol. The number of hydrogen-bond acceptors (Lipinski definition) is 5. The van der Waals surface area contributed by atoms with Crippen LogP contribution in [0.4, 0.5) is 27.6 Å². The number of halogens is 5. The lowest BCUT2D eigenvalue weighted by atomic mass is 9.83. The minimum Gasteiger partial charge on any atom is -0.496 e. The molecule has 8 nitrogen and oxygen atoms in total. The molecule has 232 valence electrons. The molecule has 4 unspecified atom stereocenters. The van der Waals surface area contributed by atoms with E-state index in [0.717, 1.165) is 18.6 Å². The van der Waals surface area contributed by atoms with Gasteiger partial charge in [-0.25, -0.2) is 8.78 Å². The molecule has 2 aromatic carbocycles. The zero-order chi connectivity index (χ0) is 31.1. The van der Waals surface area contributed by atoms with E-state index in [1.165, 1.54) is 13.2 Å². The van der Waals surface area contributed by atoms with Crippen LogP contribution in [0.1, 0.15) is 60.9 Å². The molecule has 3 saturated carbocycles. The van der Waals surface area contributed by atoms with Gasteiger partial charge in [-0.2, -0.15) is 13.2 Å². The first-order chi connectivity index (χ1) is 20.3. The molecule has 3 aliphatic rings. The van der Waals surface area contributed by atoms with E-state index >= 15 is 0 Å². The first-order valence-corrected chi connectivity index (χ1v) is 14.1. The van der Waals surface area contributed by atoms with Crippen LogP contribution in [0.3, 0.4) is 0 Å². The molecule has 0 spiro atoms. The highest BCUT2D eigenvalue weighted by Crippen LogP contribution is 2.49. The van der Waals surface area contributed by atoms with Gasteiger partial charge < -0.3 is 25.2 Å². The molecule has 0 radical (unpaired) electrons. The summed E-state index contributed by atoms with van der Waals surface area (Å²) in [6.45, 7) is 0. The predicted octanol–water partition coefficient (Wildman–Crippen LogP) is 5.80. The second-order valence-electron chi connectivity index (χ2n) is 11.5. The number of carboxylic acid groups (broad SMARTS) is 1. The minimum atomic E-state index is -4.81. The average molecular weight is 611 g/mol. The number of aliphatic carboxylic acids is 1. The Hall–Kier alpha value is -3.90. The van der Waals surface area contributed by atoms with Gasteiger partial charge in [0.1, 0.15) is 11.6 Å². The fourth-order valence-electron chi connectivity index (χ4n) is 6.74. The first-order valence-electron chi connectivity index (χ1n) is 14.1. The largest absolute Gasteiger partial charge is 0.496 e. The number of alkyl halides is 3. The van der Waals surface area contributed by atoms with Crippen LogP contribution < -0.4 is 20.1 Å². The van der Waals surface area contributed by atoms with Crippen molar-refractivity contribution in [3.63, 3.8) is 0 Å². The molecule has 43 heavy (non-hydrogen) atoms. The lowest BCUT2D eigenvalue weighted by molar-refractivity contribution is -0.143. The summed E-state index contributed by atoms with van der Waals surface area (Å²) >= 11 is 0. The van der Waals surface area contributed by atoms with Crippen molar-refractivity contribution in [3.8, 4) is 11.5 Å². The number of carbonyl (C=O) groups is 3. The normalized spacial score (nSPS) is 26.6. The third-order valence-corrected chi connectivity index (χ3v) is 8.83. The van der Waals surface area contributed by atoms with E-state index in [9.17, 15) is 41.4 Å². The molecular weight excluding hydrogens is 579 g/mol. The number of amides is 2. The fraction of sp³-hybridized carbons (Fsp3) is 0.500. The Morgan fingerprint density at radius 3 is 2.26 bits per heavy atom. The maximum absolute atomic E-state index is 14.9. The van der Waals surface area contributed by atoms with Crippen LogP contribution in [-0.4, -0.2) is 42.1 Å². The second kappa shape index (κ2) is 12.0. The van der Waals surface area contributed by atoms with E-state index in [-0.39, 0.29) is 34.6 Å². The smallest absolute Gasteiger partial charge is 0.416 e. The average Bonchev–Trinajstić information content (AvgIpc) is 3.55. The van der Waals surface area contributed by atoms with E-state index in [1.54, 1.807) is 0 Å². The number of carboxylic acids is 1. The molecule has 0 aromatic heterocycles. The number of fused-ring (bicyclic) bond motifs is 2. The summed E-state index contributed by atoms with van der Waals surface area (Å²) in [5.41, 5.74) is -1.62. The molecule has 4 atom stereocenters. The zero-order valence-electron chi connectivity index (χ0n) is 23.2. The van der Waals surface area contributed by atoms with Gasteiger partial charge in [0.05, 0.1) is 36.2 Å². The van der Waals surface area contributed by atoms with Crippen LogP contribution in [0.5, 0.6) is 11.5 Å². The summed E-state index contributed by atoms with van der Waals surface area (Å²) in [6.07, 6.45) is -1.64. The van der Waals surface area contributed by atoms with Gasteiger partial charge in [0.15, 0.2) is 11.6 Å². The van der Waals surface area contributed by atoms with Gasteiger partial charge in [-0.15, -0.1) is 0 Å².